The summed E-state index contributed by atoms with van der Waals surface area (Å²) < 4.78 is 4.96. The predicted octanol–water partition coefficient (Wildman–Crippen LogP) is 1.89. The van der Waals surface area contributed by atoms with Gasteiger partial charge in [-0.15, -0.1) is 0 Å². The van der Waals surface area contributed by atoms with Gasteiger partial charge in [0, 0.05) is 11.6 Å². The zero-order valence-corrected chi connectivity index (χ0v) is 16.8. The molecule has 0 saturated heterocycles. The number of fused-ring (bicyclic) bond motifs is 1. The van der Waals surface area contributed by atoms with Crippen molar-refractivity contribution in [1.29, 1.82) is 0 Å². The van der Waals surface area contributed by atoms with Crippen molar-refractivity contribution in [2.45, 2.75) is 32.2 Å². The minimum Gasteiger partial charge on any atom is -0.454 e. The monoisotopic (exact) mass is 408 g/mol. The Hall–Kier alpha value is -3.48. The lowest BCUT2D eigenvalue weighted by atomic mass is 9.98. The highest BCUT2D eigenvalue weighted by Crippen LogP contribution is 2.19. The van der Waals surface area contributed by atoms with Crippen LogP contribution in [0.2, 0.25) is 0 Å². The van der Waals surface area contributed by atoms with Gasteiger partial charge in [-0.05, 0) is 37.0 Å². The van der Waals surface area contributed by atoms with Gasteiger partial charge in [0.1, 0.15) is 6.54 Å². The Morgan fingerprint density at radius 3 is 2.53 bits per heavy atom. The number of benzene rings is 2. The second-order valence-electron chi connectivity index (χ2n) is 7.27. The van der Waals surface area contributed by atoms with Gasteiger partial charge in [0.25, 0.3) is 11.8 Å². The summed E-state index contributed by atoms with van der Waals surface area (Å²) in [4.78, 5) is 49.6. The zero-order valence-electron chi connectivity index (χ0n) is 16.8. The van der Waals surface area contributed by atoms with Crippen LogP contribution >= 0.6 is 0 Å². The van der Waals surface area contributed by atoms with Crippen LogP contribution in [0.25, 0.3) is 0 Å². The van der Waals surface area contributed by atoms with E-state index in [0.717, 1.165) is 17.7 Å². The molecule has 3 amide bonds. The van der Waals surface area contributed by atoms with Crippen LogP contribution in [0.1, 0.15) is 34.8 Å². The van der Waals surface area contributed by atoms with Gasteiger partial charge in [0.15, 0.2) is 6.61 Å². The molecule has 1 heterocycles. The van der Waals surface area contributed by atoms with Gasteiger partial charge in [-0.2, -0.15) is 0 Å². The molecule has 156 valence electrons. The molecule has 0 fully saturated rings. The minimum atomic E-state index is -0.803. The molecule has 0 aromatic heterocycles. The van der Waals surface area contributed by atoms with Gasteiger partial charge in [-0.25, -0.2) is 0 Å². The summed E-state index contributed by atoms with van der Waals surface area (Å²) in [5.41, 5.74) is 2.22. The van der Waals surface area contributed by atoms with E-state index in [1.807, 2.05) is 37.3 Å². The number of carbonyl (C=O) groups excluding carboxylic acids is 4. The van der Waals surface area contributed by atoms with E-state index in [9.17, 15) is 19.2 Å². The molecular formula is C23H24N2O5. The normalized spacial score (nSPS) is 14.1. The van der Waals surface area contributed by atoms with E-state index in [-0.39, 0.29) is 12.5 Å². The fourth-order valence-electron chi connectivity index (χ4n) is 3.30. The lowest BCUT2D eigenvalue weighted by Gasteiger charge is -2.25. The molecule has 1 N–H and O–H groups in total. The highest BCUT2D eigenvalue weighted by Gasteiger charge is 2.32. The molecule has 0 saturated carbocycles. The first-order valence-corrected chi connectivity index (χ1v) is 9.85. The summed E-state index contributed by atoms with van der Waals surface area (Å²) in [5.74, 6) is -2.22. The van der Waals surface area contributed by atoms with Crippen LogP contribution < -0.4 is 5.32 Å². The number of nitrogens with zero attached hydrogens (tertiary/aromatic N) is 1. The topological polar surface area (TPSA) is 92.8 Å². The van der Waals surface area contributed by atoms with Crippen LogP contribution in [-0.2, 0) is 32.0 Å². The molecule has 0 radical (unpaired) electrons. The molecule has 2 aromatic rings. The van der Waals surface area contributed by atoms with Gasteiger partial charge in [-0.1, -0.05) is 48.5 Å². The van der Waals surface area contributed by atoms with E-state index in [1.54, 1.807) is 24.3 Å². The number of amides is 3. The number of hydrogen-bond donors (Lipinski definition) is 1. The summed E-state index contributed by atoms with van der Waals surface area (Å²) in [6.45, 7) is 0.912. The van der Waals surface area contributed by atoms with Crippen LogP contribution in [0, 0.1) is 0 Å². The highest BCUT2D eigenvalue weighted by atomic mass is 16.5. The third-order valence-corrected chi connectivity index (χ3v) is 4.90. The molecule has 1 atom stereocenters. The number of nitrogens with one attached hydrogen (secondary N) is 1. The summed E-state index contributed by atoms with van der Waals surface area (Å²) in [7, 11) is 0. The molecule has 1 aliphatic rings. The van der Waals surface area contributed by atoms with Gasteiger partial charge >= 0.3 is 5.97 Å². The molecule has 7 nitrogen and oxygen atoms in total. The van der Waals surface area contributed by atoms with Crippen molar-refractivity contribution in [3.05, 3.63) is 71.3 Å². The SMILES string of the molecule is C[C@H](CCc1ccccc1)NC(=O)COC(=O)CN1C(=O)Cc2ccccc2C1=O. The van der Waals surface area contributed by atoms with Crippen molar-refractivity contribution in [3.63, 3.8) is 0 Å². The molecular weight excluding hydrogens is 384 g/mol. The molecule has 0 unspecified atom stereocenters. The largest absolute Gasteiger partial charge is 0.454 e. The van der Waals surface area contributed by atoms with Gasteiger partial charge in [-0.3, -0.25) is 24.1 Å². The van der Waals surface area contributed by atoms with E-state index >= 15 is 0 Å². The standard InChI is InChI=1S/C23H24N2O5/c1-16(11-12-17-7-3-2-4-8-17)24-20(26)15-30-22(28)14-25-21(27)13-18-9-5-6-10-19(18)23(25)29/h2-10,16H,11-15H2,1H3,(H,24,26)/t16-/m1/s1. The van der Waals surface area contributed by atoms with E-state index in [2.05, 4.69) is 5.32 Å². The smallest absolute Gasteiger partial charge is 0.326 e. The van der Waals surface area contributed by atoms with Crippen LogP contribution in [0.3, 0.4) is 0 Å². The van der Waals surface area contributed by atoms with Crippen molar-refractivity contribution < 1.29 is 23.9 Å². The Balaban J connectivity index is 1.42. The molecule has 7 heteroatoms. The maximum absolute atomic E-state index is 12.5. The lowest BCUT2D eigenvalue weighted by Crippen LogP contribution is -2.46. The Kier molecular flexibility index (Phi) is 6.95. The summed E-state index contributed by atoms with van der Waals surface area (Å²) in [6, 6.07) is 16.6. The van der Waals surface area contributed by atoms with Crippen molar-refractivity contribution in [3.8, 4) is 0 Å². The second kappa shape index (κ2) is 9.82. The third kappa shape index (κ3) is 5.53. The molecule has 0 spiro atoms. The van der Waals surface area contributed by atoms with Gasteiger partial charge in [0.2, 0.25) is 5.91 Å². The zero-order chi connectivity index (χ0) is 21.5. The van der Waals surface area contributed by atoms with E-state index in [1.165, 1.54) is 5.56 Å². The number of carbonyl (C=O) groups is 4. The molecule has 30 heavy (non-hydrogen) atoms. The van der Waals surface area contributed by atoms with Crippen molar-refractivity contribution in [1.82, 2.24) is 10.2 Å². The first-order chi connectivity index (χ1) is 14.4. The Labute approximate surface area is 175 Å². The number of aryl methyl sites for hydroxylation is 1. The number of imide groups is 1. The first kappa shape index (κ1) is 21.2. The molecule has 0 aliphatic carbocycles. The Bertz CT molecular complexity index is 942. The van der Waals surface area contributed by atoms with Crippen LogP contribution in [0.5, 0.6) is 0 Å². The second-order valence-corrected chi connectivity index (χ2v) is 7.27. The van der Waals surface area contributed by atoms with Crippen LogP contribution in [-0.4, -0.2) is 47.8 Å². The first-order valence-electron chi connectivity index (χ1n) is 9.85. The van der Waals surface area contributed by atoms with Gasteiger partial charge < -0.3 is 10.1 Å². The van der Waals surface area contributed by atoms with Crippen molar-refractivity contribution >= 4 is 23.7 Å². The van der Waals surface area contributed by atoms with E-state index < -0.39 is 36.8 Å². The summed E-state index contributed by atoms with van der Waals surface area (Å²) in [5, 5.41) is 2.78. The maximum atomic E-state index is 12.5. The fraction of sp³-hybridized carbons (Fsp3) is 0.304. The maximum Gasteiger partial charge on any atom is 0.326 e. The molecule has 3 rings (SSSR count). The molecule has 2 aromatic carbocycles. The van der Waals surface area contributed by atoms with Crippen molar-refractivity contribution in [2.24, 2.45) is 0 Å². The third-order valence-electron chi connectivity index (χ3n) is 4.90. The Morgan fingerprint density at radius 2 is 1.77 bits per heavy atom. The lowest BCUT2D eigenvalue weighted by molar-refractivity contribution is -0.151. The van der Waals surface area contributed by atoms with Gasteiger partial charge in [0.05, 0.1) is 6.42 Å². The van der Waals surface area contributed by atoms with E-state index in [0.29, 0.717) is 11.1 Å². The predicted molar refractivity (Wildman–Crippen MR) is 110 cm³/mol. The summed E-state index contributed by atoms with van der Waals surface area (Å²) in [6.07, 6.45) is 1.62. The van der Waals surface area contributed by atoms with Crippen LogP contribution in [0.4, 0.5) is 0 Å². The number of ether oxygens (including phenoxy) is 1. The average Bonchev–Trinajstić information content (AvgIpc) is 2.74. The van der Waals surface area contributed by atoms with Crippen LogP contribution in [0.15, 0.2) is 54.6 Å². The highest BCUT2D eigenvalue weighted by molar-refractivity contribution is 6.11. The quantitative estimate of drug-likeness (QED) is 0.532. The summed E-state index contributed by atoms with van der Waals surface area (Å²) >= 11 is 0. The van der Waals surface area contributed by atoms with Crippen molar-refractivity contribution in [2.75, 3.05) is 13.2 Å². The number of rotatable bonds is 8. The minimum absolute atomic E-state index is 0.0502. The number of esters is 1. The number of hydrogen-bond acceptors (Lipinski definition) is 5. The average molecular weight is 408 g/mol. The molecule has 1 aliphatic heterocycles. The van der Waals surface area contributed by atoms with E-state index in [4.69, 9.17) is 4.74 Å². The Morgan fingerprint density at radius 1 is 1.07 bits per heavy atom. The fourth-order valence-corrected chi connectivity index (χ4v) is 3.30. The molecule has 0 bridgehead atoms.